The lowest BCUT2D eigenvalue weighted by molar-refractivity contribution is -0.125. The number of carbonyl (C=O) groups is 2. The maximum absolute atomic E-state index is 12.0. The van der Waals surface area contributed by atoms with Gasteiger partial charge in [0.2, 0.25) is 11.8 Å². The van der Waals surface area contributed by atoms with Gasteiger partial charge in [-0.1, -0.05) is 23.2 Å². The number of hydrogen-bond acceptors (Lipinski definition) is 5. The molecule has 0 unspecified atom stereocenters. The largest absolute Gasteiger partial charge is 0.490 e. The van der Waals surface area contributed by atoms with Crippen LogP contribution in [0.4, 0.5) is 5.69 Å². The molecular weight excluding hydrogens is 391 g/mol. The Morgan fingerprint density at radius 2 is 1.84 bits per heavy atom. The van der Waals surface area contributed by atoms with Crippen LogP contribution in [0.3, 0.4) is 0 Å². The molecule has 1 N–H and O–H groups in total. The minimum Gasteiger partial charge on any atom is -0.490 e. The summed E-state index contributed by atoms with van der Waals surface area (Å²) in [5, 5.41) is 3.05. The molecule has 0 aliphatic carbocycles. The van der Waals surface area contributed by atoms with Crippen molar-refractivity contribution in [1.29, 1.82) is 0 Å². The van der Waals surface area contributed by atoms with Gasteiger partial charge >= 0.3 is 0 Å². The van der Waals surface area contributed by atoms with E-state index >= 15 is 0 Å². The summed E-state index contributed by atoms with van der Waals surface area (Å²) >= 11 is 12.1. The van der Waals surface area contributed by atoms with Crippen molar-refractivity contribution in [2.75, 3.05) is 51.2 Å². The molecule has 0 aromatic heterocycles. The number of rotatable bonds is 9. The van der Waals surface area contributed by atoms with Crippen molar-refractivity contribution in [1.82, 2.24) is 4.90 Å². The predicted octanol–water partition coefficient (Wildman–Crippen LogP) is 1.79. The highest BCUT2D eigenvalue weighted by Crippen LogP contribution is 2.34. The van der Waals surface area contributed by atoms with E-state index in [0.29, 0.717) is 17.4 Å². The molecule has 0 bridgehead atoms. The van der Waals surface area contributed by atoms with E-state index in [1.807, 2.05) is 0 Å². The van der Waals surface area contributed by atoms with Gasteiger partial charge in [0.1, 0.15) is 23.9 Å². The van der Waals surface area contributed by atoms with E-state index in [9.17, 15) is 13.8 Å². The smallest absolute Gasteiger partial charge is 0.237 e. The molecular formula is C15H20Cl2N2O5S. The highest BCUT2D eigenvalue weighted by atomic mass is 35.5. The first-order chi connectivity index (χ1) is 11.7. The van der Waals surface area contributed by atoms with E-state index in [1.165, 1.54) is 17.0 Å². The topological polar surface area (TPSA) is 84.9 Å². The highest BCUT2D eigenvalue weighted by molar-refractivity contribution is 7.86. The lowest BCUT2D eigenvalue weighted by atomic mass is 10.3. The van der Waals surface area contributed by atoms with E-state index < -0.39 is 16.7 Å². The zero-order valence-electron chi connectivity index (χ0n) is 14.1. The second-order valence-electron chi connectivity index (χ2n) is 5.17. The molecule has 1 aromatic carbocycles. The Balaban J connectivity index is 2.71. The number of benzene rings is 1. The SMILES string of the molecule is COCCOc1cc(NC(=O)C[S@@](=O)CC(=O)N(C)C)c(Cl)cc1Cl. The van der Waals surface area contributed by atoms with E-state index in [1.54, 1.807) is 21.2 Å². The molecule has 0 aliphatic rings. The molecule has 0 heterocycles. The van der Waals surface area contributed by atoms with Crippen molar-refractivity contribution in [3.05, 3.63) is 22.2 Å². The number of methoxy groups -OCH3 is 1. The average molecular weight is 411 g/mol. The van der Waals surface area contributed by atoms with Gasteiger partial charge in [-0.3, -0.25) is 13.8 Å². The second kappa shape index (κ2) is 10.6. The fourth-order valence-corrected chi connectivity index (χ4v) is 3.11. The summed E-state index contributed by atoms with van der Waals surface area (Å²) in [5.41, 5.74) is 0.277. The quantitative estimate of drug-likeness (QED) is 0.627. The number of amides is 2. The van der Waals surface area contributed by atoms with Gasteiger partial charge in [-0.05, 0) is 6.07 Å². The van der Waals surface area contributed by atoms with Gasteiger partial charge in [0.25, 0.3) is 0 Å². The zero-order chi connectivity index (χ0) is 19.0. The third-order valence-electron chi connectivity index (χ3n) is 2.92. The summed E-state index contributed by atoms with van der Waals surface area (Å²) in [6, 6.07) is 2.92. The number of halogens is 2. The molecule has 0 fully saturated rings. The summed E-state index contributed by atoms with van der Waals surface area (Å²) < 4.78 is 22.2. The fraction of sp³-hybridized carbons (Fsp3) is 0.467. The van der Waals surface area contributed by atoms with Crippen LogP contribution < -0.4 is 10.1 Å². The standard InChI is InChI=1S/C15H20Cl2N2O5S/c1-19(2)15(21)9-25(22)8-14(20)18-12-7-13(24-5-4-23-3)11(17)6-10(12)16/h6-7H,4-5,8-9H2,1-3H3,(H,18,20)/t25-/m1/s1. The Kier molecular flexibility index (Phi) is 9.20. The van der Waals surface area contributed by atoms with Crippen molar-refractivity contribution in [3.63, 3.8) is 0 Å². The van der Waals surface area contributed by atoms with Gasteiger partial charge in [-0.25, -0.2) is 0 Å². The van der Waals surface area contributed by atoms with Gasteiger partial charge < -0.3 is 19.7 Å². The van der Waals surface area contributed by atoms with E-state index in [0.717, 1.165) is 0 Å². The number of ether oxygens (including phenoxy) is 2. The second-order valence-corrected chi connectivity index (χ2v) is 7.44. The number of carbonyl (C=O) groups excluding carboxylic acids is 2. The highest BCUT2D eigenvalue weighted by Gasteiger charge is 2.16. The Morgan fingerprint density at radius 3 is 2.44 bits per heavy atom. The molecule has 1 atom stereocenters. The van der Waals surface area contributed by atoms with Crippen LogP contribution in [0.25, 0.3) is 0 Å². The number of nitrogens with one attached hydrogen (secondary N) is 1. The molecule has 1 aromatic rings. The van der Waals surface area contributed by atoms with Crippen LogP contribution in [-0.4, -0.2) is 66.8 Å². The monoisotopic (exact) mass is 410 g/mol. The van der Waals surface area contributed by atoms with Gasteiger partial charge in [0.05, 0.1) is 22.3 Å². The van der Waals surface area contributed by atoms with Crippen LogP contribution in [0.15, 0.2) is 12.1 Å². The molecule has 25 heavy (non-hydrogen) atoms. The van der Waals surface area contributed by atoms with Crippen LogP contribution in [0.5, 0.6) is 5.75 Å². The summed E-state index contributed by atoms with van der Waals surface area (Å²) in [7, 11) is 3.03. The third-order valence-corrected chi connectivity index (χ3v) is 4.68. The Bertz CT molecular complexity index is 655. The molecule has 0 aliphatic heterocycles. The minimum atomic E-state index is -1.62. The van der Waals surface area contributed by atoms with E-state index in [-0.39, 0.29) is 34.7 Å². The summed E-state index contributed by atoms with van der Waals surface area (Å²) in [6.07, 6.45) is 0. The fourth-order valence-electron chi connectivity index (χ4n) is 1.62. The molecule has 140 valence electrons. The molecule has 0 saturated carbocycles. The summed E-state index contributed by atoms with van der Waals surface area (Å²) in [4.78, 5) is 24.8. The first-order valence-electron chi connectivity index (χ1n) is 7.20. The van der Waals surface area contributed by atoms with Crippen molar-refractivity contribution in [3.8, 4) is 5.75 Å². The predicted molar refractivity (Wildman–Crippen MR) is 99.0 cm³/mol. The van der Waals surface area contributed by atoms with Crippen LogP contribution in [0.2, 0.25) is 10.0 Å². The molecule has 1 rings (SSSR count). The molecule has 0 spiro atoms. The van der Waals surface area contributed by atoms with Gasteiger partial charge in [-0.2, -0.15) is 0 Å². The zero-order valence-corrected chi connectivity index (χ0v) is 16.5. The first-order valence-corrected chi connectivity index (χ1v) is 9.44. The molecule has 10 heteroatoms. The van der Waals surface area contributed by atoms with Crippen molar-refractivity contribution in [2.45, 2.75) is 0 Å². The average Bonchev–Trinajstić information content (AvgIpc) is 2.51. The Labute approximate surface area is 159 Å². The summed E-state index contributed by atoms with van der Waals surface area (Å²) in [5.74, 6) is -1.05. The van der Waals surface area contributed by atoms with Crippen LogP contribution in [0.1, 0.15) is 0 Å². The van der Waals surface area contributed by atoms with Gasteiger partial charge in [0.15, 0.2) is 0 Å². The Morgan fingerprint density at radius 1 is 1.16 bits per heavy atom. The van der Waals surface area contributed by atoms with E-state index in [4.69, 9.17) is 32.7 Å². The van der Waals surface area contributed by atoms with Crippen LogP contribution >= 0.6 is 23.2 Å². The normalized spacial score (nSPS) is 11.7. The number of anilines is 1. The molecule has 0 radical (unpaired) electrons. The molecule has 2 amide bonds. The number of hydrogen-bond donors (Lipinski definition) is 1. The van der Waals surface area contributed by atoms with Crippen LogP contribution in [0, 0.1) is 0 Å². The third kappa shape index (κ3) is 7.60. The van der Waals surface area contributed by atoms with Crippen molar-refractivity contribution in [2.24, 2.45) is 0 Å². The lowest BCUT2D eigenvalue weighted by Crippen LogP contribution is -2.30. The number of nitrogens with zero attached hydrogens (tertiary/aromatic N) is 1. The van der Waals surface area contributed by atoms with Gasteiger partial charge in [-0.15, -0.1) is 0 Å². The van der Waals surface area contributed by atoms with Crippen molar-refractivity contribution < 1.29 is 23.3 Å². The Hall–Kier alpha value is -1.35. The lowest BCUT2D eigenvalue weighted by Gasteiger charge is -2.13. The molecule has 0 saturated heterocycles. The maximum atomic E-state index is 12.0. The van der Waals surface area contributed by atoms with Gasteiger partial charge in [0, 0.05) is 38.1 Å². The minimum absolute atomic E-state index is 0.215. The van der Waals surface area contributed by atoms with E-state index in [2.05, 4.69) is 5.32 Å². The first kappa shape index (κ1) is 21.7. The van der Waals surface area contributed by atoms with Crippen molar-refractivity contribution >= 4 is 51.5 Å². The summed E-state index contributed by atoms with van der Waals surface area (Å²) in [6.45, 7) is 0.654. The van der Waals surface area contributed by atoms with Crippen LogP contribution in [-0.2, 0) is 25.1 Å². The molecule has 7 nitrogen and oxygen atoms in total. The maximum Gasteiger partial charge on any atom is 0.237 e.